The molecule has 17 heavy (non-hydrogen) atoms. The van der Waals surface area contributed by atoms with Crippen molar-refractivity contribution >= 4 is 22.3 Å². The van der Waals surface area contributed by atoms with E-state index in [9.17, 15) is 0 Å². The van der Waals surface area contributed by atoms with E-state index >= 15 is 0 Å². The Kier molecular flexibility index (Phi) is 4.27. The zero-order valence-corrected chi connectivity index (χ0v) is 13.7. The number of amidine groups is 1. The van der Waals surface area contributed by atoms with Gasteiger partial charge in [-0.25, -0.2) is 0 Å². The monoisotopic (exact) mass is 265 g/mol. The smallest absolute Gasteiger partial charge is 0.175 e. The first-order valence-electron chi connectivity index (χ1n) is 5.96. The van der Waals surface area contributed by atoms with Gasteiger partial charge in [0, 0.05) is 18.0 Å². The number of nitrogens with one attached hydrogen (secondary N) is 1. The van der Waals surface area contributed by atoms with Gasteiger partial charge >= 0.3 is 0 Å². The lowest BCUT2D eigenvalue weighted by molar-refractivity contribution is 1.27. The summed E-state index contributed by atoms with van der Waals surface area (Å²) >= 11 is 0. The summed E-state index contributed by atoms with van der Waals surface area (Å²) in [6.07, 6.45) is 3.64. The molecule has 1 aromatic heterocycles. The molecule has 1 aromatic rings. The summed E-state index contributed by atoms with van der Waals surface area (Å²) in [5.74, 6) is 1.05. The Morgan fingerprint density at radius 1 is 1.06 bits per heavy atom. The van der Waals surface area contributed by atoms with Crippen LogP contribution < -0.4 is 4.98 Å². The molecule has 0 aliphatic carbocycles. The van der Waals surface area contributed by atoms with E-state index in [2.05, 4.69) is 49.2 Å². The fourth-order valence-electron chi connectivity index (χ4n) is 1.37. The molecular weight excluding hydrogens is 242 g/mol. The first-order valence-corrected chi connectivity index (χ1v) is 12.9. The predicted octanol–water partition coefficient (Wildman–Crippen LogP) is 3.09. The first kappa shape index (κ1) is 14.1. The lowest BCUT2D eigenvalue weighted by atomic mass is 10.2. The van der Waals surface area contributed by atoms with Crippen molar-refractivity contribution in [2.24, 2.45) is 4.66 Å². The molecular formula is C12H23N3Si2. The number of rotatable bonds is 3. The molecule has 5 heteroatoms. The van der Waals surface area contributed by atoms with E-state index in [4.69, 9.17) is 4.66 Å². The molecule has 1 heterocycles. The number of hydrogen-bond acceptors (Lipinski definition) is 2. The van der Waals surface area contributed by atoms with Gasteiger partial charge in [0.25, 0.3) is 0 Å². The van der Waals surface area contributed by atoms with E-state index in [0.717, 1.165) is 11.4 Å². The van der Waals surface area contributed by atoms with E-state index in [-0.39, 0.29) is 0 Å². The number of pyridine rings is 1. The Hall–Kier alpha value is -0.946. The van der Waals surface area contributed by atoms with E-state index in [1.54, 1.807) is 0 Å². The molecule has 0 bridgehead atoms. The fourth-order valence-corrected chi connectivity index (χ4v) is 3.24. The van der Waals surface area contributed by atoms with Gasteiger partial charge in [-0.2, -0.15) is 0 Å². The predicted molar refractivity (Wildman–Crippen MR) is 80.6 cm³/mol. The van der Waals surface area contributed by atoms with Crippen LogP contribution in [0.25, 0.3) is 0 Å². The van der Waals surface area contributed by atoms with Crippen LogP contribution in [-0.4, -0.2) is 27.3 Å². The molecule has 0 aliphatic heterocycles. The highest BCUT2D eigenvalue weighted by Crippen LogP contribution is 2.08. The van der Waals surface area contributed by atoms with Crippen LogP contribution in [0.5, 0.6) is 0 Å². The van der Waals surface area contributed by atoms with E-state index in [1.807, 2.05) is 24.5 Å². The molecule has 1 rings (SSSR count). The second kappa shape index (κ2) is 5.14. The van der Waals surface area contributed by atoms with Crippen LogP contribution in [0, 0.1) is 0 Å². The summed E-state index contributed by atoms with van der Waals surface area (Å²) in [6.45, 7) is 13.6. The summed E-state index contributed by atoms with van der Waals surface area (Å²) < 4.78 is 4.92. The molecule has 0 saturated heterocycles. The Bertz CT molecular complexity index is 388. The van der Waals surface area contributed by atoms with Crippen LogP contribution in [0.4, 0.5) is 0 Å². The minimum Gasteiger partial charge on any atom is -0.396 e. The van der Waals surface area contributed by atoms with Gasteiger partial charge in [0.1, 0.15) is 14.1 Å². The van der Waals surface area contributed by atoms with E-state index in [0.29, 0.717) is 0 Å². The van der Waals surface area contributed by atoms with Crippen LogP contribution >= 0.6 is 0 Å². The summed E-state index contributed by atoms with van der Waals surface area (Å²) in [7, 11) is -2.86. The molecule has 1 N–H and O–H groups in total. The van der Waals surface area contributed by atoms with Crippen molar-refractivity contribution in [2.45, 2.75) is 39.3 Å². The highest BCUT2D eigenvalue weighted by atomic mass is 28.3. The average molecular weight is 266 g/mol. The Balaban J connectivity index is 3.09. The molecule has 0 aliphatic rings. The maximum atomic E-state index is 4.92. The number of aromatic nitrogens is 1. The molecule has 0 aromatic carbocycles. The standard InChI is InChI=1S/C12H23N3Si2/c1-16(2,3)14-12(15-17(4,5)6)11-7-9-13-10-8-11/h7-10H,1-6H3,(H,14,15). The molecule has 3 nitrogen and oxygen atoms in total. The Morgan fingerprint density at radius 2 is 1.59 bits per heavy atom. The van der Waals surface area contributed by atoms with E-state index in [1.165, 1.54) is 0 Å². The quantitative estimate of drug-likeness (QED) is 0.518. The van der Waals surface area contributed by atoms with Crippen LogP contribution in [0.3, 0.4) is 0 Å². The van der Waals surface area contributed by atoms with Gasteiger partial charge in [0.2, 0.25) is 0 Å². The van der Waals surface area contributed by atoms with Gasteiger partial charge in [-0.05, 0) is 31.8 Å². The maximum Gasteiger partial charge on any atom is 0.175 e. The molecule has 0 spiro atoms. The van der Waals surface area contributed by atoms with Gasteiger partial charge in [-0.3, -0.25) is 4.98 Å². The SMILES string of the molecule is C[Si](C)(C)/N=C(/N[Si](C)(C)C)c1ccncc1. The highest BCUT2D eigenvalue weighted by molar-refractivity contribution is 6.78. The van der Waals surface area contributed by atoms with Crippen molar-refractivity contribution in [2.75, 3.05) is 0 Å². The molecule has 0 fully saturated rings. The largest absolute Gasteiger partial charge is 0.396 e. The van der Waals surface area contributed by atoms with Gasteiger partial charge in [0.05, 0.1) is 0 Å². The third-order valence-electron chi connectivity index (χ3n) is 1.89. The molecule has 0 amide bonds. The minimum atomic E-state index is -1.48. The van der Waals surface area contributed by atoms with Gasteiger partial charge in [0.15, 0.2) is 8.24 Å². The molecule has 0 saturated carbocycles. The number of nitrogens with zero attached hydrogens (tertiary/aromatic N) is 2. The summed E-state index contributed by atoms with van der Waals surface area (Å²) in [6, 6.07) is 4.04. The lowest BCUT2D eigenvalue weighted by Crippen LogP contribution is -2.47. The third kappa shape index (κ3) is 5.79. The molecule has 0 unspecified atom stereocenters. The third-order valence-corrected chi connectivity index (χ3v) is 3.78. The molecule has 0 atom stereocenters. The average Bonchev–Trinajstić information content (AvgIpc) is 2.14. The second-order valence-electron chi connectivity index (χ2n) is 6.24. The minimum absolute atomic E-state index is 1.05. The second-order valence-corrected chi connectivity index (χ2v) is 15.6. The maximum absolute atomic E-state index is 4.92. The van der Waals surface area contributed by atoms with Crippen molar-refractivity contribution in [1.82, 2.24) is 9.97 Å². The Labute approximate surface area is 107 Å². The van der Waals surface area contributed by atoms with Crippen molar-refractivity contribution in [3.05, 3.63) is 30.1 Å². The van der Waals surface area contributed by atoms with Crippen LogP contribution in [0.15, 0.2) is 29.2 Å². The normalized spacial score (nSPS) is 13.6. The van der Waals surface area contributed by atoms with Gasteiger partial charge < -0.3 is 9.64 Å². The summed E-state index contributed by atoms with van der Waals surface area (Å²) in [5, 5.41) is 0. The first-order chi connectivity index (χ1) is 7.67. The zero-order valence-electron chi connectivity index (χ0n) is 11.7. The summed E-state index contributed by atoms with van der Waals surface area (Å²) in [5.41, 5.74) is 1.14. The topological polar surface area (TPSA) is 37.3 Å². The van der Waals surface area contributed by atoms with Crippen molar-refractivity contribution < 1.29 is 0 Å². The summed E-state index contributed by atoms with van der Waals surface area (Å²) in [4.78, 5) is 7.69. The Morgan fingerprint density at radius 3 is 2.00 bits per heavy atom. The molecule has 0 radical (unpaired) electrons. The van der Waals surface area contributed by atoms with Gasteiger partial charge in [-0.1, -0.05) is 19.6 Å². The van der Waals surface area contributed by atoms with Crippen molar-refractivity contribution in [1.29, 1.82) is 0 Å². The van der Waals surface area contributed by atoms with Crippen LogP contribution in [0.1, 0.15) is 5.56 Å². The van der Waals surface area contributed by atoms with Crippen LogP contribution in [0.2, 0.25) is 39.3 Å². The van der Waals surface area contributed by atoms with E-state index < -0.39 is 16.5 Å². The lowest BCUT2D eigenvalue weighted by Gasteiger charge is -2.24. The van der Waals surface area contributed by atoms with Crippen molar-refractivity contribution in [3.63, 3.8) is 0 Å². The highest BCUT2D eigenvalue weighted by Gasteiger charge is 2.19. The van der Waals surface area contributed by atoms with Gasteiger partial charge in [-0.15, -0.1) is 0 Å². The zero-order chi connectivity index (χ0) is 13.1. The fraction of sp³-hybridized carbons (Fsp3) is 0.500. The number of hydrogen-bond donors (Lipinski definition) is 1. The van der Waals surface area contributed by atoms with Crippen LogP contribution in [-0.2, 0) is 0 Å². The molecule has 94 valence electrons. The van der Waals surface area contributed by atoms with Crippen molar-refractivity contribution in [3.8, 4) is 0 Å².